The normalized spacial score (nSPS) is 10.0. The minimum Gasteiger partial charge on any atom is -0.429 e. The molecule has 23 heavy (non-hydrogen) atoms. The molecule has 0 radical (unpaired) electrons. The Morgan fingerprint density at radius 3 is 2.35 bits per heavy atom. The molecule has 0 amide bonds. The third-order valence-corrected chi connectivity index (χ3v) is 2.84. The zero-order valence-electron chi connectivity index (χ0n) is 11.5. The van der Waals surface area contributed by atoms with Crippen molar-refractivity contribution in [2.45, 2.75) is 0 Å². The molecule has 0 unspecified atom stereocenters. The molecular formula is C16H9F3O4. The van der Waals surface area contributed by atoms with Gasteiger partial charge in [0.1, 0.15) is 11.6 Å². The summed E-state index contributed by atoms with van der Waals surface area (Å²) in [6.07, 6.45) is 0.788. The molecule has 2 rings (SSSR count). The van der Waals surface area contributed by atoms with Crippen LogP contribution in [0.2, 0.25) is 0 Å². The van der Waals surface area contributed by atoms with E-state index in [9.17, 15) is 22.8 Å². The summed E-state index contributed by atoms with van der Waals surface area (Å²) in [6.45, 7) is 3.24. The third-order valence-electron chi connectivity index (χ3n) is 2.84. The van der Waals surface area contributed by atoms with Gasteiger partial charge in [-0.3, -0.25) is 4.79 Å². The lowest BCUT2D eigenvalue weighted by atomic mass is 10.0. The predicted octanol–water partition coefficient (Wildman–Crippen LogP) is 3.40. The number of hydrogen-bond acceptors (Lipinski definition) is 4. The van der Waals surface area contributed by atoms with E-state index in [1.165, 1.54) is 6.07 Å². The van der Waals surface area contributed by atoms with Crippen LogP contribution in [0.25, 0.3) is 11.1 Å². The highest BCUT2D eigenvalue weighted by Gasteiger charge is 2.19. The Morgan fingerprint density at radius 1 is 1.04 bits per heavy atom. The minimum atomic E-state index is -1.44. The second kappa shape index (κ2) is 6.78. The molecule has 0 atom stereocenters. The fourth-order valence-corrected chi connectivity index (χ4v) is 1.81. The quantitative estimate of drug-likeness (QED) is 0.366. The van der Waals surface area contributed by atoms with E-state index in [1.54, 1.807) is 0 Å². The highest BCUT2D eigenvalue weighted by molar-refractivity contribution is 5.83. The van der Waals surface area contributed by atoms with Gasteiger partial charge in [-0.05, 0) is 24.3 Å². The Hall–Kier alpha value is -3.09. The van der Waals surface area contributed by atoms with E-state index in [0.717, 1.165) is 30.3 Å². The molecule has 0 fully saturated rings. The van der Waals surface area contributed by atoms with Crippen LogP contribution in [0.1, 0.15) is 0 Å². The first kappa shape index (κ1) is 16.3. The average Bonchev–Trinajstić information content (AvgIpc) is 2.53. The van der Waals surface area contributed by atoms with Gasteiger partial charge >= 0.3 is 5.97 Å². The summed E-state index contributed by atoms with van der Waals surface area (Å²) < 4.78 is 50.9. The standard InChI is InChI=1S/C16H9F3O4/c1-2-14(21)23-13-6-5-11(15(18)16(13)19)10-4-3-9(22-8-20)7-12(10)17/h2-8H,1H2. The van der Waals surface area contributed by atoms with Crippen LogP contribution < -0.4 is 9.47 Å². The molecule has 0 aliphatic carbocycles. The summed E-state index contributed by atoms with van der Waals surface area (Å²) in [4.78, 5) is 21.2. The Balaban J connectivity index is 2.45. The zero-order valence-corrected chi connectivity index (χ0v) is 11.5. The van der Waals surface area contributed by atoms with Crippen LogP contribution in [0.3, 0.4) is 0 Å². The van der Waals surface area contributed by atoms with Gasteiger partial charge in [-0.2, -0.15) is 4.39 Å². The van der Waals surface area contributed by atoms with Crippen LogP contribution in [0, 0.1) is 17.5 Å². The lowest BCUT2D eigenvalue weighted by Gasteiger charge is -2.09. The van der Waals surface area contributed by atoms with Crippen molar-refractivity contribution >= 4 is 12.4 Å². The van der Waals surface area contributed by atoms with Crippen molar-refractivity contribution in [2.75, 3.05) is 0 Å². The van der Waals surface area contributed by atoms with Crippen LogP contribution in [0.4, 0.5) is 13.2 Å². The molecule has 4 nitrogen and oxygen atoms in total. The first-order valence-corrected chi connectivity index (χ1v) is 6.20. The monoisotopic (exact) mass is 322 g/mol. The number of halogens is 3. The Bertz CT molecular complexity index is 787. The van der Waals surface area contributed by atoms with E-state index >= 15 is 0 Å². The first-order valence-electron chi connectivity index (χ1n) is 6.20. The molecular weight excluding hydrogens is 313 g/mol. The molecule has 0 aliphatic heterocycles. The fraction of sp³-hybridized carbons (Fsp3) is 0. The molecule has 2 aromatic carbocycles. The Morgan fingerprint density at radius 2 is 1.74 bits per heavy atom. The smallest absolute Gasteiger partial charge is 0.335 e. The lowest BCUT2D eigenvalue weighted by molar-refractivity contribution is -0.129. The zero-order chi connectivity index (χ0) is 17.0. The number of carbonyl (C=O) groups is 2. The van der Waals surface area contributed by atoms with Gasteiger partial charge in [0.25, 0.3) is 6.47 Å². The summed E-state index contributed by atoms with van der Waals surface area (Å²) >= 11 is 0. The van der Waals surface area contributed by atoms with Gasteiger partial charge in [-0.1, -0.05) is 6.58 Å². The lowest BCUT2D eigenvalue weighted by Crippen LogP contribution is -2.06. The summed E-state index contributed by atoms with van der Waals surface area (Å²) in [6, 6.07) is 5.25. The van der Waals surface area contributed by atoms with Gasteiger partial charge in [-0.25, -0.2) is 13.6 Å². The average molecular weight is 322 g/mol. The largest absolute Gasteiger partial charge is 0.429 e. The molecule has 0 saturated heterocycles. The highest BCUT2D eigenvalue weighted by Crippen LogP contribution is 2.32. The number of carbonyl (C=O) groups excluding carboxylic acids is 2. The van der Waals surface area contributed by atoms with Gasteiger partial charge in [0.05, 0.1) is 0 Å². The van der Waals surface area contributed by atoms with E-state index in [2.05, 4.69) is 16.1 Å². The summed E-state index contributed by atoms with van der Waals surface area (Å²) in [5, 5.41) is 0. The third kappa shape index (κ3) is 3.39. The van der Waals surface area contributed by atoms with Crippen molar-refractivity contribution in [3.05, 3.63) is 60.4 Å². The summed E-state index contributed by atoms with van der Waals surface area (Å²) in [5.74, 6) is -5.43. The van der Waals surface area contributed by atoms with E-state index < -0.39 is 29.2 Å². The molecule has 0 N–H and O–H groups in total. The molecule has 2 aromatic rings. The summed E-state index contributed by atoms with van der Waals surface area (Å²) in [7, 11) is 0. The second-order valence-electron chi connectivity index (χ2n) is 4.22. The second-order valence-corrected chi connectivity index (χ2v) is 4.22. The van der Waals surface area contributed by atoms with E-state index in [4.69, 9.17) is 0 Å². The molecule has 0 saturated carbocycles. The highest BCUT2D eigenvalue weighted by atomic mass is 19.2. The van der Waals surface area contributed by atoms with Crippen molar-refractivity contribution in [1.29, 1.82) is 0 Å². The molecule has 0 heterocycles. The SMILES string of the molecule is C=CC(=O)Oc1ccc(-c2ccc(OC=O)cc2F)c(F)c1F. The maximum Gasteiger partial charge on any atom is 0.335 e. The number of esters is 1. The minimum absolute atomic E-state index is 0.0846. The van der Waals surface area contributed by atoms with Crippen LogP contribution in [-0.4, -0.2) is 12.4 Å². The summed E-state index contributed by atoms with van der Waals surface area (Å²) in [5.41, 5.74) is -0.627. The van der Waals surface area contributed by atoms with Crippen LogP contribution in [0.15, 0.2) is 43.0 Å². The maximum atomic E-state index is 14.1. The topological polar surface area (TPSA) is 52.6 Å². The van der Waals surface area contributed by atoms with Crippen molar-refractivity contribution in [1.82, 2.24) is 0 Å². The van der Waals surface area contributed by atoms with E-state index in [-0.39, 0.29) is 23.3 Å². The van der Waals surface area contributed by atoms with Gasteiger partial charge < -0.3 is 9.47 Å². The predicted molar refractivity (Wildman–Crippen MR) is 74.3 cm³/mol. The van der Waals surface area contributed by atoms with Crippen molar-refractivity contribution in [3.8, 4) is 22.6 Å². The molecule has 0 bridgehead atoms. The van der Waals surface area contributed by atoms with Crippen molar-refractivity contribution in [2.24, 2.45) is 0 Å². The Labute approximate surface area is 128 Å². The van der Waals surface area contributed by atoms with Gasteiger partial charge in [0, 0.05) is 23.3 Å². The number of hydrogen-bond donors (Lipinski definition) is 0. The maximum absolute atomic E-state index is 14.1. The van der Waals surface area contributed by atoms with Crippen LogP contribution in [-0.2, 0) is 9.59 Å². The fourth-order valence-electron chi connectivity index (χ4n) is 1.81. The van der Waals surface area contributed by atoms with Crippen molar-refractivity contribution in [3.63, 3.8) is 0 Å². The molecule has 0 aromatic heterocycles. The number of benzene rings is 2. The van der Waals surface area contributed by atoms with Gasteiger partial charge in [0.15, 0.2) is 11.6 Å². The van der Waals surface area contributed by atoms with Gasteiger partial charge in [-0.15, -0.1) is 0 Å². The van der Waals surface area contributed by atoms with Gasteiger partial charge in [0.2, 0.25) is 5.82 Å². The number of ether oxygens (including phenoxy) is 2. The molecule has 0 aliphatic rings. The van der Waals surface area contributed by atoms with Crippen LogP contribution >= 0.6 is 0 Å². The molecule has 118 valence electrons. The number of rotatable bonds is 5. The Kier molecular flexibility index (Phi) is 4.80. The van der Waals surface area contributed by atoms with Crippen LogP contribution in [0.5, 0.6) is 11.5 Å². The molecule has 0 spiro atoms. The van der Waals surface area contributed by atoms with Crippen molar-refractivity contribution < 1.29 is 32.2 Å². The van der Waals surface area contributed by atoms with E-state index in [0.29, 0.717) is 0 Å². The first-order chi connectivity index (χ1) is 11.0. The van der Waals surface area contributed by atoms with E-state index in [1.807, 2.05) is 0 Å². The molecule has 7 heteroatoms.